The van der Waals surface area contributed by atoms with E-state index in [0.717, 1.165) is 0 Å². The molecular formula is C4H7LiS2. The summed E-state index contributed by atoms with van der Waals surface area (Å²) in [5.41, 5.74) is 0. The summed E-state index contributed by atoms with van der Waals surface area (Å²) in [7, 11) is 0. The number of hydrogen-bond acceptors (Lipinski definition) is 2. The van der Waals surface area contributed by atoms with Gasteiger partial charge in [0.05, 0.1) is 11.5 Å². The van der Waals surface area contributed by atoms with Crippen molar-refractivity contribution >= 4 is 44.1 Å². The van der Waals surface area contributed by atoms with Gasteiger partial charge in [0.2, 0.25) is 0 Å². The van der Waals surface area contributed by atoms with Crippen molar-refractivity contribution in [1.82, 2.24) is 0 Å². The van der Waals surface area contributed by atoms with Crippen LogP contribution in [0.2, 0.25) is 0 Å². The molecule has 36 valence electrons. The van der Waals surface area contributed by atoms with E-state index in [1.165, 1.54) is 0 Å². The third-order valence-electron chi connectivity index (χ3n) is 0.283. The Hall–Kier alpha value is 0.857. The van der Waals surface area contributed by atoms with Crippen LogP contribution in [0.3, 0.4) is 0 Å². The second kappa shape index (κ2) is 9.97. The Bertz CT molecular complexity index is 63.5. The summed E-state index contributed by atoms with van der Waals surface area (Å²) in [6.07, 6.45) is 0. The summed E-state index contributed by atoms with van der Waals surface area (Å²) in [4.78, 5) is 0. The van der Waals surface area contributed by atoms with Gasteiger partial charge in [0.1, 0.15) is 0 Å². The number of rotatable bonds is 0. The van der Waals surface area contributed by atoms with Crippen molar-refractivity contribution in [3.63, 3.8) is 0 Å². The predicted octanol–water partition coefficient (Wildman–Crippen LogP) is 0.201. The van der Waals surface area contributed by atoms with Gasteiger partial charge in [-0.15, -0.1) is 0 Å². The minimum atomic E-state index is 0. The first kappa shape index (κ1) is 10.8. The molecule has 0 bridgehead atoms. The van der Waals surface area contributed by atoms with Gasteiger partial charge in [-0.3, -0.25) is 0 Å². The van der Waals surface area contributed by atoms with Crippen LogP contribution in [0.25, 0.3) is 0 Å². The van der Waals surface area contributed by atoms with Crippen molar-refractivity contribution in [1.29, 1.82) is 0 Å². The van der Waals surface area contributed by atoms with Gasteiger partial charge in [0, 0.05) is 0 Å². The van der Waals surface area contributed by atoms with Crippen molar-refractivity contribution in [3.8, 4) is 11.8 Å². The predicted molar refractivity (Wildman–Crippen MR) is 42.6 cm³/mol. The molecule has 0 unspecified atom stereocenters. The molecule has 0 fully saturated rings. The molecule has 0 saturated carbocycles. The molecule has 0 aliphatic heterocycles. The first-order chi connectivity index (χ1) is 2.91. The van der Waals surface area contributed by atoms with Crippen LogP contribution in [-0.2, 0) is 0 Å². The molecule has 0 heterocycles. The SMILES string of the molecule is SCC#CCS.[LiH]. The van der Waals surface area contributed by atoms with E-state index in [0.29, 0.717) is 11.5 Å². The summed E-state index contributed by atoms with van der Waals surface area (Å²) in [6, 6.07) is 0. The van der Waals surface area contributed by atoms with Crippen LogP contribution in [0.5, 0.6) is 0 Å². The zero-order chi connectivity index (χ0) is 4.83. The molecular weight excluding hydrogens is 119 g/mol. The molecule has 3 heteroatoms. The fraction of sp³-hybridized carbons (Fsp3) is 0.500. The Morgan fingerprint density at radius 1 is 1.00 bits per heavy atom. The first-order valence-electron chi connectivity index (χ1n) is 1.59. The maximum absolute atomic E-state index is 3.85. The third kappa shape index (κ3) is 10.9. The van der Waals surface area contributed by atoms with E-state index in [9.17, 15) is 0 Å². The Balaban J connectivity index is 0. The van der Waals surface area contributed by atoms with E-state index in [4.69, 9.17) is 0 Å². The van der Waals surface area contributed by atoms with Crippen molar-refractivity contribution in [2.45, 2.75) is 0 Å². The normalized spacial score (nSPS) is 5.43. The summed E-state index contributed by atoms with van der Waals surface area (Å²) >= 11 is 7.69. The van der Waals surface area contributed by atoms with Gasteiger partial charge in [0.15, 0.2) is 0 Å². The molecule has 0 aromatic carbocycles. The molecule has 0 nitrogen and oxygen atoms in total. The van der Waals surface area contributed by atoms with Crippen LogP contribution >= 0.6 is 25.3 Å². The maximum atomic E-state index is 3.85. The number of hydrogen-bond donors (Lipinski definition) is 2. The molecule has 0 aromatic rings. The summed E-state index contributed by atoms with van der Waals surface area (Å²) in [6.45, 7) is 0. The van der Waals surface area contributed by atoms with Gasteiger partial charge in [-0.25, -0.2) is 0 Å². The van der Waals surface area contributed by atoms with Crippen LogP contribution in [0, 0.1) is 11.8 Å². The molecule has 7 heavy (non-hydrogen) atoms. The van der Waals surface area contributed by atoms with Gasteiger partial charge in [-0.2, -0.15) is 25.3 Å². The zero-order valence-electron chi connectivity index (χ0n) is 3.31. The van der Waals surface area contributed by atoms with Crippen molar-refractivity contribution in [3.05, 3.63) is 0 Å². The fourth-order valence-electron chi connectivity index (χ4n) is 0.112. The first-order valence-corrected chi connectivity index (χ1v) is 2.85. The standard InChI is InChI=1S/C4H6S2.Li.H/c5-3-1-2-4-6;;/h5-6H,3-4H2;;. The molecule has 0 radical (unpaired) electrons. The topological polar surface area (TPSA) is 0 Å². The van der Waals surface area contributed by atoms with Gasteiger partial charge in [-0.05, 0) is 0 Å². The molecule has 0 aromatic heterocycles. The number of thiol groups is 2. The van der Waals surface area contributed by atoms with Gasteiger partial charge in [-0.1, -0.05) is 11.8 Å². The fourth-order valence-corrected chi connectivity index (χ4v) is 0.335. The monoisotopic (exact) mass is 126 g/mol. The van der Waals surface area contributed by atoms with E-state index in [1.807, 2.05) is 0 Å². The van der Waals surface area contributed by atoms with Crippen molar-refractivity contribution < 1.29 is 0 Å². The van der Waals surface area contributed by atoms with Gasteiger partial charge < -0.3 is 0 Å². The summed E-state index contributed by atoms with van der Waals surface area (Å²) in [5.74, 6) is 6.75. The van der Waals surface area contributed by atoms with E-state index < -0.39 is 0 Å². The molecule has 0 atom stereocenters. The van der Waals surface area contributed by atoms with E-state index in [1.54, 1.807) is 0 Å². The zero-order valence-corrected chi connectivity index (χ0v) is 5.10. The average molecular weight is 126 g/mol. The molecule has 0 N–H and O–H groups in total. The van der Waals surface area contributed by atoms with Crippen LogP contribution < -0.4 is 0 Å². The Labute approximate surface area is 67.4 Å². The molecule has 0 aliphatic carbocycles. The van der Waals surface area contributed by atoms with Crippen LogP contribution in [0.1, 0.15) is 0 Å². The quantitative estimate of drug-likeness (QED) is 0.258. The Morgan fingerprint density at radius 3 is 1.43 bits per heavy atom. The summed E-state index contributed by atoms with van der Waals surface area (Å²) < 4.78 is 0. The Kier molecular flexibility index (Phi) is 15.3. The Morgan fingerprint density at radius 2 is 1.29 bits per heavy atom. The van der Waals surface area contributed by atoms with Gasteiger partial charge in [0.25, 0.3) is 0 Å². The van der Waals surface area contributed by atoms with E-state index >= 15 is 0 Å². The summed E-state index contributed by atoms with van der Waals surface area (Å²) in [5, 5.41) is 0. The molecule has 0 amide bonds. The second-order valence-electron chi connectivity index (χ2n) is 0.670. The van der Waals surface area contributed by atoms with Crippen molar-refractivity contribution in [2.24, 2.45) is 0 Å². The van der Waals surface area contributed by atoms with Gasteiger partial charge >= 0.3 is 18.9 Å². The second-order valence-corrected chi connectivity index (χ2v) is 1.30. The minimum absolute atomic E-state index is 0. The average Bonchev–Trinajstić information content (AvgIpc) is 1.61. The van der Waals surface area contributed by atoms with E-state index in [-0.39, 0.29) is 18.9 Å². The van der Waals surface area contributed by atoms with Crippen LogP contribution in [-0.4, -0.2) is 30.4 Å². The molecule has 0 rings (SSSR count). The van der Waals surface area contributed by atoms with E-state index in [2.05, 4.69) is 37.1 Å². The van der Waals surface area contributed by atoms with Crippen molar-refractivity contribution in [2.75, 3.05) is 11.5 Å². The van der Waals surface area contributed by atoms with Crippen LogP contribution in [0.15, 0.2) is 0 Å². The van der Waals surface area contributed by atoms with Crippen LogP contribution in [0.4, 0.5) is 0 Å². The molecule has 0 aliphatic rings. The molecule has 0 spiro atoms. The third-order valence-corrected chi connectivity index (χ3v) is 0.599. The molecule has 0 saturated heterocycles.